The zero-order chi connectivity index (χ0) is 16.0. The molecule has 0 atom stereocenters. The van der Waals surface area contributed by atoms with Crippen molar-refractivity contribution in [1.29, 1.82) is 0 Å². The number of nitrogens with two attached hydrogens (primary N) is 1. The van der Waals surface area contributed by atoms with Crippen LogP contribution < -0.4 is 15.8 Å². The third-order valence-corrected chi connectivity index (χ3v) is 2.81. The van der Waals surface area contributed by atoms with E-state index >= 15 is 0 Å². The Kier molecular flexibility index (Phi) is 5.33. The molecule has 0 aliphatic carbocycles. The van der Waals surface area contributed by atoms with Crippen molar-refractivity contribution < 1.29 is 19.4 Å². The highest BCUT2D eigenvalue weighted by atomic mass is 16.5. The summed E-state index contributed by atoms with van der Waals surface area (Å²) in [6.07, 6.45) is 0. The molecule has 112 valence electrons. The molecule has 0 aliphatic heterocycles. The third kappa shape index (κ3) is 4.23. The quantitative estimate of drug-likeness (QED) is 0.681. The first-order valence-electron chi connectivity index (χ1n) is 6.22. The molecule has 4 N–H and O–H groups in total. The van der Waals surface area contributed by atoms with Gasteiger partial charge in [0.15, 0.2) is 0 Å². The number of benzene rings is 1. The number of nitrogens with one attached hydrogen (secondary N) is 1. The van der Waals surface area contributed by atoms with Gasteiger partial charge in [-0.1, -0.05) is 11.8 Å². The lowest BCUT2D eigenvalue weighted by molar-refractivity contribution is -0.122. The fourth-order valence-corrected chi connectivity index (χ4v) is 1.50. The van der Waals surface area contributed by atoms with Crippen molar-refractivity contribution in [1.82, 2.24) is 5.32 Å². The number of rotatable bonds is 4. The van der Waals surface area contributed by atoms with Crippen LogP contribution in [0.25, 0.3) is 0 Å². The van der Waals surface area contributed by atoms with Crippen molar-refractivity contribution in [2.75, 3.05) is 13.7 Å². The zero-order valence-corrected chi connectivity index (χ0v) is 12.2. The second-order valence-corrected chi connectivity index (χ2v) is 4.82. The minimum Gasteiger partial charge on any atom is -0.495 e. The first-order chi connectivity index (χ1) is 9.81. The summed E-state index contributed by atoms with van der Waals surface area (Å²) in [5, 5.41) is 11.3. The van der Waals surface area contributed by atoms with Gasteiger partial charge in [0.25, 0.3) is 5.91 Å². The van der Waals surface area contributed by atoms with Gasteiger partial charge in [-0.15, -0.1) is 0 Å². The van der Waals surface area contributed by atoms with Crippen LogP contribution in [0.15, 0.2) is 18.2 Å². The molecule has 6 heteroatoms. The van der Waals surface area contributed by atoms with E-state index in [-0.39, 0.29) is 6.61 Å². The molecule has 1 aromatic carbocycles. The van der Waals surface area contributed by atoms with E-state index < -0.39 is 17.4 Å². The molecule has 0 saturated heterocycles. The Hall–Kier alpha value is -2.52. The molecule has 0 heterocycles. The molecule has 1 aromatic rings. The Morgan fingerprint density at radius 1 is 1.43 bits per heavy atom. The summed E-state index contributed by atoms with van der Waals surface area (Å²) >= 11 is 0. The van der Waals surface area contributed by atoms with E-state index in [2.05, 4.69) is 17.2 Å². The Labute approximate surface area is 123 Å². The average molecular weight is 290 g/mol. The average Bonchev–Trinajstić information content (AvgIpc) is 2.44. The van der Waals surface area contributed by atoms with Crippen LogP contribution in [0.5, 0.6) is 5.75 Å². The second kappa shape index (κ2) is 6.77. The number of carbonyl (C=O) groups excluding carboxylic acids is 2. The molecule has 2 amide bonds. The van der Waals surface area contributed by atoms with E-state index in [1.54, 1.807) is 12.1 Å². The number of aliphatic hydroxyl groups is 1. The minimum atomic E-state index is -1.16. The Bertz CT molecular complexity index is 612. The maximum absolute atomic E-state index is 12.1. The highest BCUT2D eigenvalue weighted by Crippen LogP contribution is 2.19. The normalized spacial score (nSPS) is 10.3. The van der Waals surface area contributed by atoms with Crippen molar-refractivity contribution in [3.63, 3.8) is 0 Å². The number of methoxy groups -OCH3 is 1. The van der Waals surface area contributed by atoms with Crippen molar-refractivity contribution in [2.24, 2.45) is 5.73 Å². The molecule has 0 unspecified atom stereocenters. The van der Waals surface area contributed by atoms with Crippen molar-refractivity contribution in [3.05, 3.63) is 29.3 Å². The molecule has 0 spiro atoms. The predicted molar refractivity (Wildman–Crippen MR) is 77.7 cm³/mol. The van der Waals surface area contributed by atoms with Crippen LogP contribution in [0.4, 0.5) is 0 Å². The van der Waals surface area contributed by atoms with Crippen LogP contribution in [-0.2, 0) is 4.79 Å². The summed E-state index contributed by atoms with van der Waals surface area (Å²) in [5.74, 6) is 4.59. The first kappa shape index (κ1) is 16.5. The summed E-state index contributed by atoms with van der Waals surface area (Å²) in [7, 11) is 1.48. The van der Waals surface area contributed by atoms with Gasteiger partial charge in [-0.05, 0) is 32.0 Å². The monoisotopic (exact) mass is 290 g/mol. The topological polar surface area (TPSA) is 102 Å². The zero-order valence-electron chi connectivity index (χ0n) is 12.2. The Morgan fingerprint density at radius 2 is 2.10 bits per heavy atom. The smallest absolute Gasteiger partial charge is 0.252 e. The number of carbonyl (C=O) groups is 2. The highest BCUT2D eigenvalue weighted by Gasteiger charge is 2.27. The molecule has 0 aromatic heterocycles. The summed E-state index contributed by atoms with van der Waals surface area (Å²) in [6, 6.07) is 4.66. The lowest BCUT2D eigenvalue weighted by Gasteiger charge is -2.22. The number of hydrogen-bond acceptors (Lipinski definition) is 4. The van der Waals surface area contributed by atoms with Crippen LogP contribution in [0.2, 0.25) is 0 Å². The lowest BCUT2D eigenvalue weighted by atomic mass is 10.0. The van der Waals surface area contributed by atoms with Crippen LogP contribution in [0, 0.1) is 11.8 Å². The van der Waals surface area contributed by atoms with Gasteiger partial charge < -0.3 is 20.9 Å². The molecule has 21 heavy (non-hydrogen) atoms. The van der Waals surface area contributed by atoms with Gasteiger partial charge in [0, 0.05) is 5.56 Å². The Morgan fingerprint density at radius 3 is 2.62 bits per heavy atom. The fourth-order valence-electron chi connectivity index (χ4n) is 1.50. The van der Waals surface area contributed by atoms with Crippen molar-refractivity contribution >= 4 is 11.8 Å². The van der Waals surface area contributed by atoms with E-state index in [0.717, 1.165) is 0 Å². The van der Waals surface area contributed by atoms with Crippen molar-refractivity contribution in [2.45, 2.75) is 19.4 Å². The van der Waals surface area contributed by atoms with Crippen LogP contribution in [-0.4, -0.2) is 36.2 Å². The summed E-state index contributed by atoms with van der Waals surface area (Å²) in [6.45, 7) is 2.74. The van der Waals surface area contributed by atoms with E-state index in [1.165, 1.54) is 27.0 Å². The van der Waals surface area contributed by atoms with Gasteiger partial charge in [0.05, 0.1) is 12.7 Å². The van der Waals surface area contributed by atoms with Crippen LogP contribution in [0.3, 0.4) is 0 Å². The molecule has 0 aliphatic rings. The van der Waals surface area contributed by atoms with E-state index in [4.69, 9.17) is 15.6 Å². The van der Waals surface area contributed by atoms with Crippen LogP contribution >= 0.6 is 0 Å². The SMILES string of the molecule is COc1ccc(C(=O)NC(C)(C)C(N)=O)cc1C#CCO. The van der Waals surface area contributed by atoms with Gasteiger partial charge in [0.1, 0.15) is 17.9 Å². The molecule has 0 fully saturated rings. The minimum absolute atomic E-state index is 0.297. The molecular weight excluding hydrogens is 272 g/mol. The molecule has 6 nitrogen and oxygen atoms in total. The van der Waals surface area contributed by atoms with E-state index in [1.807, 2.05) is 0 Å². The summed E-state index contributed by atoms with van der Waals surface area (Å²) in [5.41, 5.74) is 4.84. The maximum atomic E-state index is 12.1. The van der Waals surface area contributed by atoms with Gasteiger partial charge in [-0.25, -0.2) is 0 Å². The predicted octanol–water partition coefficient (Wildman–Crippen LogP) is 0.0327. The number of amides is 2. The highest BCUT2D eigenvalue weighted by molar-refractivity contribution is 5.99. The molecular formula is C15H18N2O4. The fraction of sp³-hybridized carbons (Fsp3) is 0.333. The Balaban J connectivity index is 3.09. The van der Waals surface area contributed by atoms with Gasteiger partial charge in [0.2, 0.25) is 5.91 Å². The summed E-state index contributed by atoms with van der Waals surface area (Å²) < 4.78 is 5.13. The number of ether oxygens (including phenoxy) is 1. The van der Waals surface area contributed by atoms with E-state index in [0.29, 0.717) is 16.9 Å². The van der Waals surface area contributed by atoms with Gasteiger partial charge in [-0.3, -0.25) is 9.59 Å². The summed E-state index contributed by atoms with van der Waals surface area (Å²) in [4.78, 5) is 23.4. The second-order valence-electron chi connectivity index (χ2n) is 4.82. The van der Waals surface area contributed by atoms with E-state index in [9.17, 15) is 9.59 Å². The molecule has 0 radical (unpaired) electrons. The number of aliphatic hydroxyl groups excluding tert-OH is 1. The van der Waals surface area contributed by atoms with Crippen molar-refractivity contribution in [3.8, 4) is 17.6 Å². The van der Waals surface area contributed by atoms with Gasteiger partial charge in [-0.2, -0.15) is 0 Å². The molecule has 0 bridgehead atoms. The molecule has 0 saturated carbocycles. The van der Waals surface area contributed by atoms with Crippen LogP contribution in [0.1, 0.15) is 29.8 Å². The first-order valence-corrected chi connectivity index (χ1v) is 6.22. The number of hydrogen-bond donors (Lipinski definition) is 3. The molecule has 1 rings (SSSR count). The van der Waals surface area contributed by atoms with Gasteiger partial charge >= 0.3 is 0 Å². The standard InChI is InChI=1S/C15H18N2O4/c1-15(2,14(16)20)17-13(19)11-6-7-12(21-3)10(9-11)5-4-8-18/h6-7,9,18H,8H2,1-3H3,(H2,16,20)(H,17,19). The third-order valence-electron chi connectivity index (χ3n) is 2.81. The lowest BCUT2D eigenvalue weighted by Crippen LogP contribution is -2.53. The largest absolute Gasteiger partial charge is 0.495 e. The maximum Gasteiger partial charge on any atom is 0.252 e. The number of primary amides is 1.